The van der Waals surface area contributed by atoms with Gasteiger partial charge in [-0.25, -0.2) is 9.59 Å². The SMILES string of the molecule is COC(=O)C1CC(O)CN1C(=O)C(NC(=O)C(C)N(C)C(=O)OC(C)(C)C)C(C)(C)C. The van der Waals surface area contributed by atoms with Crippen molar-refractivity contribution in [3.8, 4) is 0 Å². The summed E-state index contributed by atoms with van der Waals surface area (Å²) in [6.07, 6.45) is -1.45. The van der Waals surface area contributed by atoms with Crippen LogP contribution in [0.4, 0.5) is 4.79 Å². The lowest BCUT2D eigenvalue weighted by molar-refractivity contribution is -0.153. The standard InChI is InChI=1S/C21H37N3O7/c1-12(23(8)19(29)31-21(5,6)7)16(26)22-15(20(2,3)4)17(27)24-11-13(25)10-14(24)18(28)30-9/h12-15,25H,10-11H2,1-9H3,(H,22,26). The van der Waals surface area contributed by atoms with Gasteiger partial charge in [-0.15, -0.1) is 0 Å². The fraction of sp³-hybridized carbons (Fsp3) is 0.810. The molecule has 0 aromatic carbocycles. The van der Waals surface area contributed by atoms with Crippen LogP contribution in [-0.2, 0) is 23.9 Å². The smallest absolute Gasteiger partial charge is 0.410 e. The number of amides is 3. The number of aliphatic hydroxyl groups is 1. The number of carbonyl (C=O) groups excluding carboxylic acids is 4. The first kappa shape index (κ1) is 26.7. The molecule has 1 heterocycles. The van der Waals surface area contributed by atoms with Crippen molar-refractivity contribution in [1.82, 2.24) is 15.1 Å². The molecule has 31 heavy (non-hydrogen) atoms. The quantitative estimate of drug-likeness (QED) is 0.605. The maximum atomic E-state index is 13.3. The maximum absolute atomic E-state index is 13.3. The summed E-state index contributed by atoms with van der Waals surface area (Å²) < 4.78 is 10.0. The molecule has 0 aromatic heterocycles. The van der Waals surface area contributed by atoms with Gasteiger partial charge in [0, 0.05) is 20.0 Å². The highest BCUT2D eigenvalue weighted by molar-refractivity contribution is 5.93. The van der Waals surface area contributed by atoms with E-state index in [1.807, 2.05) is 0 Å². The summed E-state index contributed by atoms with van der Waals surface area (Å²) in [5.41, 5.74) is -1.42. The van der Waals surface area contributed by atoms with Gasteiger partial charge in [0.15, 0.2) is 0 Å². The number of β-amino-alcohol motifs (C(OH)–C–C–N with tert-alkyl or cyclic N) is 1. The van der Waals surface area contributed by atoms with E-state index in [0.717, 1.165) is 4.90 Å². The normalized spacial score (nSPS) is 21.2. The molecule has 1 saturated heterocycles. The van der Waals surface area contributed by atoms with Gasteiger partial charge in [-0.3, -0.25) is 14.5 Å². The minimum Gasteiger partial charge on any atom is -0.467 e. The molecule has 1 aliphatic heterocycles. The van der Waals surface area contributed by atoms with Crippen LogP contribution < -0.4 is 5.32 Å². The van der Waals surface area contributed by atoms with Gasteiger partial charge in [0.2, 0.25) is 11.8 Å². The monoisotopic (exact) mass is 443 g/mol. The molecule has 10 heteroatoms. The first-order valence-corrected chi connectivity index (χ1v) is 10.3. The van der Waals surface area contributed by atoms with E-state index in [0.29, 0.717) is 0 Å². The molecule has 178 valence electrons. The second kappa shape index (κ2) is 9.84. The van der Waals surface area contributed by atoms with Gasteiger partial charge < -0.3 is 24.8 Å². The molecule has 0 spiro atoms. The van der Waals surface area contributed by atoms with Crippen LogP contribution in [0.25, 0.3) is 0 Å². The number of esters is 1. The van der Waals surface area contributed by atoms with Crippen LogP contribution in [0.5, 0.6) is 0 Å². The third-order valence-electron chi connectivity index (χ3n) is 5.08. The van der Waals surface area contributed by atoms with Crippen LogP contribution in [0.15, 0.2) is 0 Å². The lowest BCUT2D eigenvalue weighted by atomic mass is 9.85. The topological polar surface area (TPSA) is 125 Å². The fourth-order valence-corrected chi connectivity index (χ4v) is 3.16. The molecule has 1 aliphatic rings. The first-order valence-electron chi connectivity index (χ1n) is 10.3. The van der Waals surface area contributed by atoms with Crippen molar-refractivity contribution in [2.45, 2.75) is 84.7 Å². The zero-order chi connectivity index (χ0) is 24.3. The van der Waals surface area contributed by atoms with Gasteiger partial charge in [0.25, 0.3) is 0 Å². The lowest BCUT2D eigenvalue weighted by Crippen LogP contribution is -2.59. The molecule has 2 N–H and O–H groups in total. The third kappa shape index (κ3) is 7.09. The van der Waals surface area contributed by atoms with E-state index in [-0.39, 0.29) is 13.0 Å². The van der Waals surface area contributed by atoms with Gasteiger partial charge in [-0.2, -0.15) is 0 Å². The van der Waals surface area contributed by atoms with Crippen molar-refractivity contribution in [1.29, 1.82) is 0 Å². The van der Waals surface area contributed by atoms with Crippen molar-refractivity contribution in [2.75, 3.05) is 20.7 Å². The second-order valence-electron chi connectivity index (χ2n) is 9.99. The van der Waals surface area contributed by atoms with Crippen LogP contribution in [0.1, 0.15) is 54.9 Å². The Labute approximate surface area is 184 Å². The number of aliphatic hydroxyl groups excluding tert-OH is 1. The summed E-state index contributed by atoms with van der Waals surface area (Å²) >= 11 is 0. The number of rotatable bonds is 5. The van der Waals surface area contributed by atoms with Gasteiger partial charge in [-0.1, -0.05) is 20.8 Å². The largest absolute Gasteiger partial charge is 0.467 e. The minimum absolute atomic E-state index is 0.0333. The van der Waals surface area contributed by atoms with Crippen LogP contribution in [0.3, 0.4) is 0 Å². The molecule has 3 amide bonds. The number of hydrogen-bond acceptors (Lipinski definition) is 7. The van der Waals surface area contributed by atoms with E-state index in [1.54, 1.807) is 41.5 Å². The second-order valence-corrected chi connectivity index (χ2v) is 9.99. The van der Waals surface area contributed by atoms with Crippen molar-refractivity contribution in [3.63, 3.8) is 0 Å². The fourth-order valence-electron chi connectivity index (χ4n) is 3.16. The van der Waals surface area contributed by atoms with Crippen molar-refractivity contribution in [3.05, 3.63) is 0 Å². The Balaban J connectivity index is 3.03. The van der Waals surface area contributed by atoms with Crippen LogP contribution in [0, 0.1) is 5.41 Å². The Kier molecular flexibility index (Phi) is 8.47. The molecular formula is C21H37N3O7. The summed E-state index contributed by atoms with van der Waals surface area (Å²) in [6.45, 7) is 12.0. The molecular weight excluding hydrogens is 406 g/mol. The lowest BCUT2D eigenvalue weighted by Gasteiger charge is -2.36. The zero-order valence-electron chi connectivity index (χ0n) is 20.0. The Morgan fingerprint density at radius 2 is 1.68 bits per heavy atom. The zero-order valence-corrected chi connectivity index (χ0v) is 20.0. The number of ether oxygens (including phenoxy) is 2. The Morgan fingerprint density at radius 3 is 2.13 bits per heavy atom. The van der Waals surface area contributed by atoms with Crippen LogP contribution in [-0.4, -0.2) is 89.3 Å². The Hall–Kier alpha value is -2.36. The number of nitrogens with one attached hydrogen (secondary N) is 1. The molecule has 1 rings (SSSR count). The maximum Gasteiger partial charge on any atom is 0.410 e. The summed E-state index contributed by atoms with van der Waals surface area (Å²) in [4.78, 5) is 53.0. The molecule has 4 atom stereocenters. The highest BCUT2D eigenvalue weighted by Gasteiger charge is 2.45. The van der Waals surface area contributed by atoms with Gasteiger partial charge in [0.1, 0.15) is 23.7 Å². The van der Waals surface area contributed by atoms with Gasteiger partial charge in [-0.05, 0) is 33.1 Å². The molecule has 0 saturated carbocycles. The predicted molar refractivity (Wildman–Crippen MR) is 113 cm³/mol. The highest BCUT2D eigenvalue weighted by atomic mass is 16.6. The number of nitrogens with zero attached hydrogens (tertiary/aromatic N) is 2. The molecule has 0 aromatic rings. The van der Waals surface area contributed by atoms with E-state index < -0.39 is 59.1 Å². The Bertz CT molecular complexity index is 696. The van der Waals surface area contributed by atoms with E-state index in [9.17, 15) is 24.3 Å². The van der Waals surface area contributed by atoms with Crippen LogP contribution >= 0.6 is 0 Å². The van der Waals surface area contributed by atoms with E-state index in [1.165, 1.54) is 26.0 Å². The van der Waals surface area contributed by atoms with Crippen molar-refractivity contribution >= 4 is 23.9 Å². The number of likely N-dealkylation sites (N-methyl/N-ethyl adjacent to an activating group) is 1. The summed E-state index contributed by atoms with van der Waals surface area (Å²) in [7, 11) is 2.66. The van der Waals surface area contributed by atoms with E-state index >= 15 is 0 Å². The third-order valence-corrected chi connectivity index (χ3v) is 5.08. The summed E-state index contributed by atoms with van der Waals surface area (Å²) in [6, 6.07) is -2.82. The number of likely N-dealkylation sites (tertiary alicyclic amines) is 1. The molecule has 10 nitrogen and oxygen atoms in total. The van der Waals surface area contributed by atoms with E-state index in [2.05, 4.69) is 5.32 Å². The first-order chi connectivity index (χ1) is 14.0. The minimum atomic E-state index is -0.994. The van der Waals surface area contributed by atoms with Gasteiger partial charge >= 0.3 is 12.1 Å². The van der Waals surface area contributed by atoms with Gasteiger partial charge in [0.05, 0.1) is 13.2 Å². The predicted octanol–water partition coefficient (Wildman–Crippen LogP) is 0.908. The number of hydrogen-bond donors (Lipinski definition) is 2. The molecule has 0 bridgehead atoms. The van der Waals surface area contributed by atoms with Crippen molar-refractivity contribution < 1.29 is 33.8 Å². The van der Waals surface area contributed by atoms with Crippen molar-refractivity contribution in [2.24, 2.45) is 5.41 Å². The molecule has 0 aliphatic carbocycles. The highest BCUT2D eigenvalue weighted by Crippen LogP contribution is 2.26. The molecule has 4 unspecified atom stereocenters. The molecule has 1 fully saturated rings. The molecule has 0 radical (unpaired) electrons. The van der Waals surface area contributed by atoms with Crippen LogP contribution in [0.2, 0.25) is 0 Å². The summed E-state index contributed by atoms with van der Waals surface area (Å²) in [5, 5.41) is 12.7. The Morgan fingerprint density at radius 1 is 1.13 bits per heavy atom. The average molecular weight is 444 g/mol. The average Bonchev–Trinajstić information content (AvgIpc) is 3.02. The summed E-state index contributed by atoms with van der Waals surface area (Å²) in [5.74, 6) is -1.67. The number of methoxy groups -OCH3 is 1. The van der Waals surface area contributed by atoms with E-state index in [4.69, 9.17) is 9.47 Å². The number of carbonyl (C=O) groups is 4.